The van der Waals surface area contributed by atoms with Crippen LogP contribution in [0.1, 0.15) is 6.92 Å². The van der Waals surface area contributed by atoms with Gasteiger partial charge in [-0.2, -0.15) is 8.42 Å². The number of hydrogen-bond donors (Lipinski definition) is 4. The van der Waals surface area contributed by atoms with E-state index < -0.39 is 37.5 Å². The van der Waals surface area contributed by atoms with Gasteiger partial charge in [0.15, 0.2) is 0 Å². The first-order valence-corrected chi connectivity index (χ1v) is 13.6. The molecule has 0 atom stereocenters. The van der Waals surface area contributed by atoms with Crippen LogP contribution in [0.3, 0.4) is 0 Å². The molecule has 2 aromatic rings. The van der Waals surface area contributed by atoms with Crippen LogP contribution < -0.4 is 9.67 Å². The Morgan fingerprint density at radius 3 is 1.93 bits per heavy atom. The van der Waals surface area contributed by atoms with Crippen molar-refractivity contribution in [2.24, 2.45) is 0 Å². The Morgan fingerprint density at radius 2 is 1.62 bits per heavy atom. The van der Waals surface area contributed by atoms with Crippen LogP contribution >= 0.6 is 21.4 Å². The van der Waals surface area contributed by atoms with Gasteiger partial charge in [-0.3, -0.25) is 10.1 Å². The van der Waals surface area contributed by atoms with E-state index in [2.05, 4.69) is 26.7 Å². The van der Waals surface area contributed by atoms with Crippen molar-refractivity contribution < 1.29 is 35.2 Å². The van der Waals surface area contributed by atoms with Gasteiger partial charge in [-0.25, -0.2) is 0 Å². The van der Waals surface area contributed by atoms with Gasteiger partial charge in [-0.1, -0.05) is 18.2 Å². The smallest absolute Gasteiger partial charge is 0.258 e. The Bertz CT molecular complexity index is 989. The van der Waals surface area contributed by atoms with Crippen molar-refractivity contribution in [2.45, 2.75) is 6.92 Å². The van der Waals surface area contributed by atoms with Gasteiger partial charge in [0.25, 0.3) is 5.69 Å². The van der Waals surface area contributed by atoms with Crippen LogP contribution in [0.25, 0.3) is 0 Å². The standard InChI is InChI=1S/C8H10AsNO5.C6H5NO2.Cl2O2S/c1-5(11)10-6-2-3-7(8(12)4-6)9(13,14)15;8-7(9)6-4-2-1-3-5-6;1-5(2,3)4/h2-4,12H,1H3,(H,10,11)(H2,13,14,15);1-5H;. The molecule has 15 heteroatoms. The van der Waals surface area contributed by atoms with Crippen LogP contribution in [0.2, 0.25) is 0 Å². The Kier molecular flexibility index (Phi) is 11.0. The molecule has 0 bridgehead atoms. The topological polar surface area (TPSA) is 184 Å². The molecule has 2 rings (SSSR count). The molecule has 160 valence electrons. The summed E-state index contributed by atoms with van der Waals surface area (Å²) in [5.41, 5.74) is 0.421. The van der Waals surface area contributed by atoms with Crippen LogP contribution in [0.5, 0.6) is 5.75 Å². The number of benzene rings is 2. The maximum atomic E-state index is 10.9. The number of para-hydroxylation sites is 1. The van der Waals surface area contributed by atoms with E-state index in [4.69, 9.17) is 16.6 Å². The fraction of sp³-hybridized carbons (Fsp3) is 0.0714. The van der Waals surface area contributed by atoms with Crippen LogP contribution in [0.15, 0.2) is 48.5 Å². The zero-order chi connectivity index (χ0) is 22.8. The third-order valence-corrected chi connectivity index (χ3v) is 4.69. The van der Waals surface area contributed by atoms with Crippen molar-refractivity contribution in [3.05, 3.63) is 58.6 Å². The average molecular weight is 533 g/mol. The summed E-state index contributed by atoms with van der Waals surface area (Å²) in [5, 5.41) is 21.7. The summed E-state index contributed by atoms with van der Waals surface area (Å²) in [7, 11) is 4.81. The van der Waals surface area contributed by atoms with E-state index in [1.54, 1.807) is 18.2 Å². The summed E-state index contributed by atoms with van der Waals surface area (Å²) < 4.78 is 46.6. The molecule has 0 unspecified atom stereocenters. The van der Waals surface area contributed by atoms with E-state index in [0.717, 1.165) is 12.1 Å². The number of nitrogens with one attached hydrogen (secondary N) is 1. The van der Waals surface area contributed by atoms with Crippen LogP contribution in [-0.2, 0) is 16.8 Å². The van der Waals surface area contributed by atoms with Gasteiger partial charge in [-0.15, -0.1) is 0 Å². The number of phenolic OH excluding ortho intramolecular Hbond substituents is 1. The SMILES string of the molecule is CC(=O)Nc1ccc([As](=O)(O)O)c(O)c1.O=S(=O)(Cl)Cl.O=[N+]([O-])c1ccccc1. The predicted molar refractivity (Wildman–Crippen MR) is 107 cm³/mol. The Hall–Kier alpha value is -2.08. The molecule has 4 N–H and O–H groups in total. The van der Waals surface area contributed by atoms with E-state index in [1.165, 1.54) is 25.1 Å². The molecule has 2 aromatic carbocycles. The molecule has 0 saturated carbocycles. The average Bonchev–Trinajstić information content (AvgIpc) is 2.53. The maximum Gasteiger partial charge on any atom is 0.317 e. The first-order valence-electron chi connectivity index (χ1n) is 7.11. The zero-order valence-corrected chi connectivity index (χ0v) is 18.7. The summed E-state index contributed by atoms with van der Waals surface area (Å²) >= 11 is -5.09. The van der Waals surface area contributed by atoms with E-state index in [-0.39, 0.29) is 17.3 Å². The van der Waals surface area contributed by atoms with Crippen molar-refractivity contribution in [1.29, 1.82) is 0 Å². The molecule has 0 aliphatic heterocycles. The normalized spacial score (nSPS) is 10.5. The molecule has 0 heterocycles. The fourth-order valence-electron chi connectivity index (χ4n) is 1.60. The summed E-state index contributed by atoms with van der Waals surface area (Å²) in [6.45, 7) is 1.29. The minimum Gasteiger partial charge on any atom is -0.258 e. The summed E-state index contributed by atoms with van der Waals surface area (Å²) in [4.78, 5) is 20.3. The number of aromatic hydroxyl groups is 1. The molecule has 0 aliphatic rings. The van der Waals surface area contributed by atoms with Crippen LogP contribution in [0.4, 0.5) is 11.4 Å². The summed E-state index contributed by atoms with van der Waals surface area (Å²) in [6, 6.07) is 11.4. The van der Waals surface area contributed by atoms with Gasteiger partial charge in [-0.05, 0) is 0 Å². The van der Waals surface area contributed by atoms with Crippen molar-refractivity contribution in [3.8, 4) is 5.75 Å². The van der Waals surface area contributed by atoms with Gasteiger partial charge < -0.3 is 0 Å². The fourth-order valence-corrected chi connectivity index (χ4v) is 2.93. The van der Waals surface area contributed by atoms with E-state index in [1.807, 2.05) is 0 Å². The number of carbonyl (C=O) groups is 1. The Labute approximate surface area is 177 Å². The number of rotatable bonds is 3. The number of hydrogen-bond acceptors (Lipinski definition) is 7. The second-order valence-electron chi connectivity index (χ2n) is 4.90. The summed E-state index contributed by atoms with van der Waals surface area (Å²) in [5.74, 6) is -0.850. The first-order chi connectivity index (χ1) is 13.1. The number of carbonyl (C=O) groups excluding carboxylic acids is 1. The number of phenols is 1. The molecule has 0 aromatic heterocycles. The minimum atomic E-state index is -5.09. The largest absolute Gasteiger partial charge is 0.317 e. The van der Waals surface area contributed by atoms with Crippen molar-refractivity contribution in [1.82, 2.24) is 0 Å². The molecular weight excluding hydrogens is 518 g/mol. The monoisotopic (exact) mass is 532 g/mol. The first kappa shape index (κ1) is 26.9. The second kappa shape index (κ2) is 11.8. The number of non-ortho nitro benzene ring substituents is 1. The Morgan fingerprint density at radius 1 is 1.14 bits per heavy atom. The van der Waals surface area contributed by atoms with Gasteiger partial charge in [0.05, 0.1) is 4.92 Å². The number of halogens is 2. The molecule has 0 saturated heterocycles. The predicted octanol–water partition coefficient (Wildman–Crippen LogP) is 1.22. The van der Waals surface area contributed by atoms with Crippen molar-refractivity contribution in [3.63, 3.8) is 0 Å². The molecule has 29 heavy (non-hydrogen) atoms. The molecule has 0 radical (unpaired) electrons. The molecule has 0 aliphatic carbocycles. The van der Waals surface area contributed by atoms with Crippen molar-refractivity contribution in [2.75, 3.05) is 5.32 Å². The van der Waals surface area contributed by atoms with E-state index >= 15 is 0 Å². The molecule has 1 amide bonds. The quantitative estimate of drug-likeness (QED) is 0.195. The van der Waals surface area contributed by atoms with Gasteiger partial charge >= 0.3 is 96.4 Å². The molecule has 0 fully saturated rings. The minimum absolute atomic E-state index is 0.137. The number of anilines is 1. The third-order valence-electron chi connectivity index (χ3n) is 2.58. The van der Waals surface area contributed by atoms with E-state index in [9.17, 15) is 23.8 Å². The number of amides is 1. The van der Waals surface area contributed by atoms with Gasteiger partial charge in [0.1, 0.15) is 0 Å². The number of nitro benzene ring substituents is 1. The van der Waals surface area contributed by atoms with Gasteiger partial charge in [0.2, 0.25) is 0 Å². The zero-order valence-electron chi connectivity index (χ0n) is 14.5. The molecular formula is C14H15AsCl2N2O9S. The summed E-state index contributed by atoms with van der Waals surface area (Å²) in [6.07, 6.45) is 0. The number of nitro groups is 1. The maximum absolute atomic E-state index is 10.9. The molecule has 11 nitrogen and oxygen atoms in total. The van der Waals surface area contributed by atoms with Gasteiger partial charge in [0, 0.05) is 33.5 Å². The Balaban J connectivity index is 0.000000473. The van der Waals surface area contributed by atoms with Crippen LogP contribution in [-0.4, -0.2) is 46.7 Å². The second-order valence-corrected chi connectivity index (χ2v) is 11.9. The third kappa shape index (κ3) is 13.7. The number of nitrogens with zero attached hydrogens (tertiary/aromatic N) is 1. The van der Waals surface area contributed by atoms with Crippen molar-refractivity contribution >= 4 is 65.4 Å². The molecule has 0 spiro atoms. The van der Waals surface area contributed by atoms with Crippen LogP contribution in [0, 0.1) is 10.1 Å². The van der Waals surface area contributed by atoms with E-state index in [0.29, 0.717) is 0 Å².